The number of rotatable bonds is 7. The number of hydrogen-bond donors (Lipinski definition) is 2. The SMILES string of the molecule is Cc1ccc(F)cc1NCCC1CSC(CSc2c[nH]c3ccccc23)=N1. The molecule has 2 aromatic carbocycles. The molecule has 0 bridgehead atoms. The molecular formula is C21H22FN3S2. The van der Waals surface area contributed by atoms with Gasteiger partial charge in [-0.1, -0.05) is 24.3 Å². The predicted octanol–water partition coefficient (Wildman–Crippen LogP) is 5.72. The molecule has 0 spiro atoms. The molecule has 4 rings (SSSR count). The van der Waals surface area contributed by atoms with Crippen LogP contribution in [0.15, 0.2) is 58.5 Å². The van der Waals surface area contributed by atoms with E-state index in [2.05, 4.69) is 34.7 Å². The highest BCUT2D eigenvalue weighted by Crippen LogP contribution is 2.31. The van der Waals surface area contributed by atoms with Crippen molar-refractivity contribution in [1.29, 1.82) is 0 Å². The monoisotopic (exact) mass is 399 g/mol. The lowest BCUT2D eigenvalue weighted by Gasteiger charge is -2.11. The summed E-state index contributed by atoms with van der Waals surface area (Å²) in [6, 6.07) is 13.6. The molecule has 3 aromatic rings. The fourth-order valence-corrected chi connectivity index (χ4v) is 5.35. The topological polar surface area (TPSA) is 40.2 Å². The second-order valence-electron chi connectivity index (χ2n) is 6.65. The van der Waals surface area contributed by atoms with Crippen molar-refractivity contribution in [2.75, 3.05) is 23.4 Å². The normalized spacial score (nSPS) is 16.7. The number of aromatic amines is 1. The lowest BCUT2D eigenvalue weighted by atomic mass is 10.2. The first kappa shape index (κ1) is 18.4. The number of benzene rings is 2. The second kappa shape index (κ2) is 8.40. The predicted molar refractivity (Wildman–Crippen MR) is 117 cm³/mol. The van der Waals surface area contributed by atoms with Gasteiger partial charge < -0.3 is 10.3 Å². The maximum Gasteiger partial charge on any atom is 0.125 e. The first-order chi connectivity index (χ1) is 13.2. The van der Waals surface area contributed by atoms with Crippen LogP contribution >= 0.6 is 23.5 Å². The lowest BCUT2D eigenvalue weighted by molar-refractivity contribution is 0.627. The Hall–Kier alpha value is -1.92. The summed E-state index contributed by atoms with van der Waals surface area (Å²) >= 11 is 3.70. The largest absolute Gasteiger partial charge is 0.385 e. The number of aromatic nitrogens is 1. The summed E-state index contributed by atoms with van der Waals surface area (Å²) in [5.74, 6) is 1.75. The van der Waals surface area contributed by atoms with E-state index in [9.17, 15) is 4.39 Å². The Balaban J connectivity index is 1.28. The van der Waals surface area contributed by atoms with E-state index in [1.54, 1.807) is 12.1 Å². The highest BCUT2D eigenvalue weighted by atomic mass is 32.2. The van der Waals surface area contributed by atoms with Crippen molar-refractivity contribution >= 4 is 45.2 Å². The third-order valence-corrected chi connectivity index (χ3v) is 7.05. The zero-order valence-electron chi connectivity index (χ0n) is 15.2. The molecule has 0 radical (unpaired) electrons. The number of anilines is 1. The molecule has 27 heavy (non-hydrogen) atoms. The molecule has 2 N–H and O–H groups in total. The summed E-state index contributed by atoms with van der Waals surface area (Å²) in [5, 5.41) is 5.84. The van der Waals surface area contributed by atoms with Crippen molar-refractivity contribution in [3.05, 3.63) is 60.0 Å². The van der Waals surface area contributed by atoms with Crippen LogP contribution in [0.3, 0.4) is 0 Å². The standard InChI is InChI=1S/C21H22FN3S2/c1-14-6-7-15(22)10-19(14)23-9-8-16-12-27-21(25-16)13-26-20-11-24-18-5-3-2-4-17(18)20/h2-7,10-11,16,23-24H,8-9,12-13H2,1H3. The van der Waals surface area contributed by atoms with Crippen LogP contribution in [-0.2, 0) is 0 Å². The molecule has 0 saturated heterocycles. The van der Waals surface area contributed by atoms with E-state index < -0.39 is 0 Å². The Kier molecular flexibility index (Phi) is 5.74. The van der Waals surface area contributed by atoms with Crippen molar-refractivity contribution in [3.63, 3.8) is 0 Å². The molecule has 1 atom stereocenters. The Labute approximate surface area is 167 Å². The Morgan fingerprint density at radius 3 is 3.11 bits per heavy atom. The molecule has 2 heterocycles. The van der Waals surface area contributed by atoms with Crippen molar-refractivity contribution in [1.82, 2.24) is 4.98 Å². The van der Waals surface area contributed by atoms with Gasteiger partial charge in [0.15, 0.2) is 0 Å². The number of thioether (sulfide) groups is 2. The minimum atomic E-state index is -0.200. The number of H-pyrrole nitrogens is 1. The quantitative estimate of drug-likeness (QED) is 0.499. The average molecular weight is 400 g/mol. The molecule has 1 aliphatic heterocycles. The number of halogens is 1. The van der Waals surface area contributed by atoms with Crippen LogP contribution in [0, 0.1) is 12.7 Å². The van der Waals surface area contributed by atoms with Crippen LogP contribution in [0.2, 0.25) is 0 Å². The third kappa shape index (κ3) is 4.50. The van der Waals surface area contributed by atoms with Gasteiger partial charge in [0.2, 0.25) is 0 Å². The van der Waals surface area contributed by atoms with E-state index in [1.165, 1.54) is 26.9 Å². The van der Waals surface area contributed by atoms with Crippen LogP contribution in [0.5, 0.6) is 0 Å². The number of nitrogens with zero attached hydrogens (tertiary/aromatic N) is 1. The van der Waals surface area contributed by atoms with Gasteiger partial charge >= 0.3 is 0 Å². The van der Waals surface area contributed by atoms with Gasteiger partial charge in [0.05, 0.1) is 11.1 Å². The fourth-order valence-electron chi connectivity index (χ4n) is 3.16. The van der Waals surface area contributed by atoms with Gasteiger partial charge in [0.1, 0.15) is 5.82 Å². The lowest BCUT2D eigenvalue weighted by Crippen LogP contribution is -2.12. The van der Waals surface area contributed by atoms with Crippen LogP contribution in [-0.4, -0.2) is 34.1 Å². The summed E-state index contributed by atoms with van der Waals surface area (Å²) in [7, 11) is 0. The van der Waals surface area contributed by atoms with Crippen molar-refractivity contribution < 1.29 is 4.39 Å². The molecule has 3 nitrogen and oxygen atoms in total. The van der Waals surface area contributed by atoms with Gasteiger partial charge in [-0.25, -0.2) is 4.39 Å². The van der Waals surface area contributed by atoms with Gasteiger partial charge in [0.25, 0.3) is 0 Å². The molecule has 0 fully saturated rings. The average Bonchev–Trinajstić information content (AvgIpc) is 3.30. The van der Waals surface area contributed by atoms with E-state index in [1.807, 2.05) is 36.5 Å². The van der Waals surface area contributed by atoms with E-state index in [-0.39, 0.29) is 5.82 Å². The van der Waals surface area contributed by atoms with Gasteiger partial charge in [-0.3, -0.25) is 4.99 Å². The third-order valence-electron chi connectivity index (χ3n) is 4.66. The number of fused-ring (bicyclic) bond motifs is 1. The Morgan fingerprint density at radius 2 is 2.19 bits per heavy atom. The van der Waals surface area contributed by atoms with Gasteiger partial charge in [-0.05, 0) is 37.1 Å². The van der Waals surface area contributed by atoms with E-state index in [0.717, 1.165) is 35.7 Å². The highest BCUT2D eigenvalue weighted by molar-refractivity contribution is 8.16. The molecule has 1 aromatic heterocycles. The van der Waals surface area contributed by atoms with E-state index in [4.69, 9.17) is 4.99 Å². The zero-order valence-corrected chi connectivity index (χ0v) is 16.8. The smallest absolute Gasteiger partial charge is 0.125 e. The number of para-hydroxylation sites is 1. The number of hydrogen-bond acceptors (Lipinski definition) is 4. The second-order valence-corrected chi connectivity index (χ2v) is 8.76. The molecule has 140 valence electrons. The van der Waals surface area contributed by atoms with Gasteiger partial charge in [-0.2, -0.15) is 0 Å². The molecule has 1 unspecified atom stereocenters. The van der Waals surface area contributed by atoms with Gasteiger partial charge in [-0.15, -0.1) is 23.5 Å². The Bertz CT molecular complexity index is 967. The number of aliphatic imine (C=N–C) groups is 1. The minimum absolute atomic E-state index is 0.200. The molecule has 0 saturated carbocycles. The number of aryl methyl sites for hydroxylation is 1. The highest BCUT2D eigenvalue weighted by Gasteiger charge is 2.18. The van der Waals surface area contributed by atoms with Crippen molar-refractivity contribution in [2.24, 2.45) is 4.99 Å². The summed E-state index contributed by atoms with van der Waals surface area (Å²) in [6.45, 7) is 2.80. The first-order valence-electron chi connectivity index (χ1n) is 9.07. The van der Waals surface area contributed by atoms with Crippen molar-refractivity contribution in [3.8, 4) is 0 Å². The summed E-state index contributed by atoms with van der Waals surface area (Å²) < 4.78 is 13.4. The van der Waals surface area contributed by atoms with Crippen LogP contribution in [0.1, 0.15) is 12.0 Å². The van der Waals surface area contributed by atoms with E-state index in [0.29, 0.717) is 6.04 Å². The summed E-state index contributed by atoms with van der Waals surface area (Å²) in [6.07, 6.45) is 3.04. The maximum absolute atomic E-state index is 13.4. The van der Waals surface area contributed by atoms with Crippen molar-refractivity contribution in [2.45, 2.75) is 24.3 Å². The molecule has 1 aliphatic rings. The summed E-state index contributed by atoms with van der Waals surface area (Å²) in [5.41, 5.74) is 3.12. The Morgan fingerprint density at radius 1 is 1.30 bits per heavy atom. The van der Waals surface area contributed by atoms with Crippen LogP contribution in [0.4, 0.5) is 10.1 Å². The zero-order chi connectivity index (χ0) is 18.6. The fraction of sp³-hybridized carbons (Fsp3) is 0.286. The maximum atomic E-state index is 13.4. The summed E-state index contributed by atoms with van der Waals surface area (Å²) in [4.78, 5) is 9.47. The van der Waals surface area contributed by atoms with E-state index >= 15 is 0 Å². The molecule has 0 aliphatic carbocycles. The first-order valence-corrected chi connectivity index (χ1v) is 11.0. The minimum Gasteiger partial charge on any atom is -0.385 e. The van der Waals surface area contributed by atoms with Gasteiger partial charge in [0, 0.05) is 45.7 Å². The molecule has 6 heteroatoms. The number of nitrogens with one attached hydrogen (secondary N) is 2. The van der Waals surface area contributed by atoms with Crippen LogP contribution < -0.4 is 5.32 Å². The molecule has 0 amide bonds. The van der Waals surface area contributed by atoms with Crippen LogP contribution in [0.25, 0.3) is 10.9 Å². The molecular weight excluding hydrogens is 377 g/mol.